The van der Waals surface area contributed by atoms with E-state index in [1.165, 1.54) is 0 Å². The van der Waals surface area contributed by atoms with Crippen molar-refractivity contribution < 1.29 is 4.79 Å². The Kier molecular flexibility index (Phi) is 3.23. The lowest BCUT2D eigenvalue weighted by molar-refractivity contribution is -0.118. The number of thiophene rings is 1. The van der Waals surface area contributed by atoms with Gasteiger partial charge in [0.2, 0.25) is 0 Å². The molecule has 0 aliphatic rings. The van der Waals surface area contributed by atoms with E-state index in [-0.39, 0.29) is 5.78 Å². The van der Waals surface area contributed by atoms with E-state index in [9.17, 15) is 4.79 Å². The summed E-state index contributed by atoms with van der Waals surface area (Å²) in [6.07, 6.45) is 2.97. The first kappa shape index (κ1) is 9.20. The minimum absolute atomic E-state index is 0.288. The molecule has 0 aliphatic carbocycles. The molecule has 0 bridgehead atoms. The predicted molar refractivity (Wildman–Crippen MR) is 53.4 cm³/mol. The standard InChI is InChI=1S/C10H12OS/c1-3-8-6-12-7-9(8)5-10(11)4-2/h3,6-7H,1,4-5H2,2H3. The summed E-state index contributed by atoms with van der Waals surface area (Å²) in [5.41, 5.74) is 2.21. The Balaban J connectivity index is 2.74. The third-order valence-corrected chi connectivity index (χ3v) is 2.59. The summed E-state index contributed by atoms with van der Waals surface area (Å²) < 4.78 is 0. The highest BCUT2D eigenvalue weighted by Gasteiger charge is 2.04. The fourth-order valence-electron chi connectivity index (χ4n) is 0.994. The highest BCUT2D eigenvalue weighted by Crippen LogP contribution is 2.17. The van der Waals surface area contributed by atoms with Gasteiger partial charge in [0.1, 0.15) is 5.78 Å². The highest BCUT2D eigenvalue weighted by molar-refractivity contribution is 7.08. The number of carbonyl (C=O) groups is 1. The van der Waals surface area contributed by atoms with Crippen LogP contribution in [0.15, 0.2) is 17.3 Å². The molecule has 1 rings (SSSR count). The summed E-state index contributed by atoms with van der Waals surface area (Å²) in [7, 11) is 0. The zero-order valence-corrected chi connectivity index (χ0v) is 7.99. The van der Waals surface area contributed by atoms with E-state index in [1.54, 1.807) is 17.4 Å². The third kappa shape index (κ3) is 2.05. The molecule has 0 spiro atoms. The highest BCUT2D eigenvalue weighted by atomic mass is 32.1. The summed E-state index contributed by atoms with van der Waals surface area (Å²) in [5, 5.41) is 4.04. The molecular formula is C10H12OS. The quantitative estimate of drug-likeness (QED) is 0.696. The van der Waals surface area contributed by atoms with Crippen molar-refractivity contribution >= 4 is 23.2 Å². The van der Waals surface area contributed by atoms with Crippen LogP contribution < -0.4 is 0 Å². The molecule has 1 aromatic heterocycles. The first-order valence-electron chi connectivity index (χ1n) is 3.97. The maximum Gasteiger partial charge on any atom is 0.137 e. The summed E-state index contributed by atoms with van der Waals surface area (Å²) in [5.74, 6) is 0.288. The molecule has 2 heteroatoms. The van der Waals surface area contributed by atoms with Crippen LogP contribution in [-0.2, 0) is 11.2 Å². The van der Waals surface area contributed by atoms with Gasteiger partial charge in [-0.25, -0.2) is 0 Å². The van der Waals surface area contributed by atoms with Gasteiger partial charge in [0.05, 0.1) is 0 Å². The first-order valence-corrected chi connectivity index (χ1v) is 4.91. The molecule has 0 radical (unpaired) electrons. The Morgan fingerprint density at radius 3 is 3.00 bits per heavy atom. The molecule has 1 nitrogen and oxygen atoms in total. The van der Waals surface area contributed by atoms with Crippen LogP contribution in [-0.4, -0.2) is 5.78 Å². The van der Waals surface area contributed by atoms with E-state index < -0.39 is 0 Å². The smallest absolute Gasteiger partial charge is 0.137 e. The summed E-state index contributed by atoms with van der Waals surface area (Å²) in [4.78, 5) is 11.1. The maximum atomic E-state index is 11.1. The van der Waals surface area contributed by atoms with Crippen molar-refractivity contribution in [2.75, 3.05) is 0 Å². The van der Waals surface area contributed by atoms with Crippen LogP contribution in [0.5, 0.6) is 0 Å². The molecule has 0 unspecified atom stereocenters. The van der Waals surface area contributed by atoms with E-state index in [2.05, 4.69) is 6.58 Å². The molecule has 0 saturated carbocycles. The van der Waals surface area contributed by atoms with Crippen LogP contribution in [0, 0.1) is 0 Å². The molecule has 0 N–H and O–H groups in total. The fourth-order valence-corrected chi connectivity index (χ4v) is 1.84. The van der Waals surface area contributed by atoms with Gasteiger partial charge < -0.3 is 0 Å². The average molecular weight is 180 g/mol. The monoisotopic (exact) mass is 180 g/mol. The Hall–Kier alpha value is -0.890. The minimum Gasteiger partial charge on any atom is -0.299 e. The van der Waals surface area contributed by atoms with E-state index in [0.717, 1.165) is 11.1 Å². The maximum absolute atomic E-state index is 11.1. The Morgan fingerprint density at radius 1 is 1.67 bits per heavy atom. The number of hydrogen-bond donors (Lipinski definition) is 0. The lowest BCUT2D eigenvalue weighted by Gasteiger charge is -1.96. The van der Waals surface area contributed by atoms with Crippen molar-refractivity contribution in [1.29, 1.82) is 0 Å². The second kappa shape index (κ2) is 4.21. The zero-order valence-electron chi connectivity index (χ0n) is 7.17. The number of carbonyl (C=O) groups excluding carboxylic acids is 1. The number of Topliss-reactive ketones (excluding diaryl/α,β-unsaturated/α-hetero) is 1. The first-order chi connectivity index (χ1) is 5.77. The van der Waals surface area contributed by atoms with Crippen LogP contribution in [0.4, 0.5) is 0 Å². The molecule has 0 amide bonds. The van der Waals surface area contributed by atoms with Gasteiger partial charge in [-0.15, -0.1) is 0 Å². The minimum atomic E-state index is 0.288. The molecule has 64 valence electrons. The van der Waals surface area contributed by atoms with E-state index >= 15 is 0 Å². The largest absolute Gasteiger partial charge is 0.299 e. The normalized spacial score (nSPS) is 9.75. The molecule has 0 fully saturated rings. The van der Waals surface area contributed by atoms with Crippen LogP contribution in [0.1, 0.15) is 24.5 Å². The van der Waals surface area contributed by atoms with Gasteiger partial charge in [-0.3, -0.25) is 4.79 Å². The molecule has 0 aliphatic heterocycles. The summed E-state index contributed by atoms with van der Waals surface area (Å²) >= 11 is 1.62. The Labute approximate surface area is 76.7 Å². The van der Waals surface area contributed by atoms with Crippen LogP contribution >= 0.6 is 11.3 Å². The van der Waals surface area contributed by atoms with Crippen LogP contribution in [0.25, 0.3) is 6.08 Å². The molecular weight excluding hydrogens is 168 g/mol. The number of ketones is 1. The summed E-state index contributed by atoms with van der Waals surface area (Å²) in [6.45, 7) is 5.58. The fraction of sp³-hybridized carbons (Fsp3) is 0.300. The second-order valence-electron chi connectivity index (χ2n) is 2.63. The molecule has 1 heterocycles. The Morgan fingerprint density at radius 2 is 2.42 bits per heavy atom. The van der Waals surface area contributed by atoms with Crippen LogP contribution in [0.2, 0.25) is 0 Å². The third-order valence-electron chi connectivity index (χ3n) is 1.78. The molecule has 0 atom stereocenters. The zero-order chi connectivity index (χ0) is 8.97. The molecule has 1 aromatic rings. The lowest BCUT2D eigenvalue weighted by Crippen LogP contribution is -1.99. The topological polar surface area (TPSA) is 17.1 Å². The molecule has 12 heavy (non-hydrogen) atoms. The van der Waals surface area contributed by atoms with Gasteiger partial charge >= 0.3 is 0 Å². The van der Waals surface area contributed by atoms with Crippen molar-refractivity contribution in [3.8, 4) is 0 Å². The number of hydrogen-bond acceptors (Lipinski definition) is 2. The predicted octanol–water partition coefficient (Wildman–Crippen LogP) is 2.91. The number of rotatable bonds is 4. The second-order valence-corrected chi connectivity index (χ2v) is 3.37. The summed E-state index contributed by atoms with van der Waals surface area (Å²) in [6, 6.07) is 0. The van der Waals surface area contributed by atoms with Crippen molar-refractivity contribution in [3.05, 3.63) is 28.5 Å². The molecule has 0 aromatic carbocycles. The van der Waals surface area contributed by atoms with E-state index in [1.807, 2.05) is 17.7 Å². The van der Waals surface area contributed by atoms with Gasteiger partial charge in [0.15, 0.2) is 0 Å². The lowest BCUT2D eigenvalue weighted by atomic mass is 10.1. The van der Waals surface area contributed by atoms with Gasteiger partial charge in [-0.05, 0) is 21.9 Å². The van der Waals surface area contributed by atoms with Gasteiger partial charge in [-0.1, -0.05) is 19.6 Å². The Bertz CT molecular complexity index is 286. The van der Waals surface area contributed by atoms with E-state index in [4.69, 9.17) is 0 Å². The van der Waals surface area contributed by atoms with E-state index in [0.29, 0.717) is 12.8 Å². The van der Waals surface area contributed by atoms with Crippen molar-refractivity contribution in [2.45, 2.75) is 19.8 Å². The van der Waals surface area contributed by atoms with Crippen molar-refractivity contribution in [1.82, 2.24) is 0 Å². The van der Waals surface area contributed by atoms with Crippen molar-refractivity contribution in [2.24, 2.45) is 0 Å². The SMILES string of the molecule is C=Cc1cscc1CC(=O)CC. The van der Waals surface area contributed by atoms with Gasteiger partial charge in [0, 0.05) is 12.8 Å². The van der Waals surface area contributed by atoms with Crippen LogP contribution in [0.3, 0.4) is 0 Å². The van der Waals surface area contributed by atoms with Crippen molar-refractivity contribution in [3.63, 3.8) is 0 Å². The average Bonchev–Trinajstić information content (AvgIpc) is 2.51. The van der Waals surface area contributed by atoms with Gasteiger partial charge in [0.25, 0.3) is 0 Å². The van der Waals surface area contributed by atoms with Gasteiger partial charge in [-0.2, -0.15) is 11.3 Å². The molecule has 0 saturated heterocycles.